The zero-order valence-electron chi connectivity index (χ0n) is 11.4. The minimum absolute atomic E-state index is 0.0402. The van der Waals surface area contributed by atoms with E-state index < -0.39 is 6.04 Å². The van der Waals surface area contributed by atoms with Crippen molar-refractivity contribution in [3.05, 3.63) is 0 Å². The van der Waals surface area contributed by atoms with Gasteiger partial charge in [-0.25, -0.2) is 0 Å². The molecule has 0 aliphatic carbocycles. The van der Waals surface area contributed by atoms with Gasteiger partial charge in [0.1, 0.15) is 0 Å². The van der Waals surface area contributed by atoms with Gasteiger partial charge in [0.05, 0.1) is 6.04 Å². The summed E-state index contributed by atoms with van der Waals surface area (Å²) >= 11 is 0. The largest absolute Gasteiger partial charge is 0.353 e. The van der Waals surface area contributed by atoms with Gasteiger partial charge in [0, 0.05) is 32.2 Å². The fourth-order valence-electron chi connectivity index (χ4n) is 1.96. The van der Waals surface area contributed by atoms with Crippen LogP contribution in [0.15, 0.2) is 0 Å². The highest BCUT2D eigenvalue weighted by Crippen LogP contribution is 2.05. The summed E-state index contributed by atoms with van der Waals surface area (Å²) in [6.07, 6.45) is 0. The maximum absolute atomic E-state index is 11.7. The van der Waals surface area contributed by atoms with Crippen molar-refractivity contribution >= 4 is 5.91 Å². The molecule has 1 unspecified atom stereocenters. The van der Waals surface area contributed by atoms with E-state index in [4.69, 9.17) is 5.73 Å². The maximum atomic E-state index is 11.7. The summed E-state index contributed by atoms with van der Waals surface area (Å²) in [4.78, 5) is 16.3. The smallest absolute Gasteiger partial charge is 0.237 e. The number of nitrogens with two attached hydrogens (primary N) is 1. The summed E-state index contributed by atoms with van der Waals surface area (Å²) in [6.45, 7) is 7.74. The Hall–Kier alpha value is -0.650. The van der Waals surface area contributed by atoms with Crippen LogP contribution in [0.25, 0.3) is 0 Å². The average Bonchev–Trinajstić information content (AvgIpc) is 2.28. The number of nitrogens with zero attached hydrogens (tertiary/aromatic N) is 2. The summed E-state index contributed by atoms with van der Waals surface area (Å²) in [5, 5.41) is 2.95. The molecule has 1 saturated heterocycles. The van der Waals surface area contributed by atoms with Crippen molar-refractivity contribution in [2.24, 2.45) is 11.7 Å². The molecule has 1 amide bonds. The molecule has 1 aliphatic heterocycles. The van der Waals surface area contributed by atoms with Gasteiger partial charge in [-0.2, -0.15) is 0 Å². The van der Waals surface area contributed by atoms with E-state index in [0.29, 0.717) is 12.6 Å². The number of hydrogen-bond donors (Lipinski definition) is 2. The van der Waals surface area contributed by atoms with Crippen LogP contribution in [0.4, 0.5) is 0 Å². The molecule has 5 heteroatoms. The molecular weight excluding hydrogens is 216 g/mol. The van der Waals surface area contributed by atoms with Gasteiger partial charge in [0.2, 0.25) is 5.91 Å². The Kier molecular flexibility index (Phi) is 5.36. The predicted molar refractivity (Wildman–Crippen MR) is 69.7 cm³/mol. The Balaban J connectivity index is 2.36. The molecule has 17 heavy (non-hydrogen) atoms. The average molecular weight is 242 g/mol. The topological polar surface area (TPSA) is 61.6 Å². The lowest BCUT2D eigenvalue weighted by molar-refractivity contribution is -0.123. The third-order valence-corrected chi connectivity index (χ3v) is 3.51. The van der Waals surface area contributed by atoms with Crippen LogP contribution in [0.2, 0.25) is 0 Å². The van der Waals surface area contributed by atoms with Gasteiger partial charge in [-0.1, -0.05) is 13.8 Å². The van der Waals surface area contributed by atoms with Gasteiger partial charge in [-0.15, -0.1) is 0 Å². The number of piperazine rings is 1. The lowest BCUT2D eigenvalue weighted by atomic mass is 10.0. The van der Waals surface area contributed by atoms with E-state index in [1.807, 2.05) is 13.8 Å². The number of likely N-dealkylation sites (N-methyl/N-ethyl adjacent to an activating group) is 2. The highest BCUT2D eigenvalue weighted by Gasteiger charge is 2.24. The molecule has 0 aromatic carbocycles. The second-order valence-corrected chi connectivity index (χ2v) is 5.41. The van der Waals surface area contributed by atoms with Crippen molar-refractivity contribution in [2.75, 3.05) is 40.3 Å². The molecule has 0 bridgehead atoms. The second kappa shape index (κ2) is 6.33. The van der Waals surface area contributed by atoms with Crippen LogP contribution in [0.1, 0.15) is 13.8 Å². The van der Waals surface area contributed by atoms with Gasteiger partial charge < -0.3 is 16.0 Å². The monoisotopic (exact) mass is 242 g/mol. The van der Waals surface area contributed by atoms with Crippen molar-refractivity contribution in [1.82, 2.24) is 15.1 Å². The third kappa shape index (κ3) is 4.26. The molecule has 0 radical (unpaired) electrons. The van der Waals surface area contributed by atoms with Crippen LogP contribution >= 0.6 is 0 Å². The van der Waals surface area contributed by atoms with Crippen molar-refractivity contribution in [3.8, 4) is 0 Å². The van der Waals surface area contributed by atoms with Crippen LogP contribution in [0.5, 0.6) is 0 Å². The lowest BCUT2D eigenvalue weighted by Crippen LogP contribution is -2.56. The van der Waals surface area contributed by atoms with Crippen molar-refractivity contribution in [3.63, 3.8) is 0 Å². The number of carbonyl (C=O) groups is 1. The number of rotatable bonds is 4. The fourth-order valence-corrected chi connectivity index (χ4v) is 1.96. The van der Waals surface area contributed by atoms with Crippen LogP contribution < -0.4 is 11.1 Å². The van der Waals surface area contributed by atoms with Crippen LogP contribution in [0.3, 0.4) is 0 Å². The first-order chi connectivity index (χ1) is 7.91. The zero-order valence-corrected chi connectivity index (χ0v) is 11.4. The minimum Gasteiger partial charge on any atom is -0.353 e. The van der Waals surface area contributed by atoms with Crippen molar-refractivity contribution < 1.29 is 4.79 Å². The SMILES string of the molecule is CC(C)[C@@H](N)C(=O)NCC1CN(C)CCN1C. The van der Waals surface area contributed by atoms with Crippen LogP contribution in [-0.2, 0) is 4.79 Å². The lowest BCUT2D eigenvalue weighted by Gasteiger charge is -2.37. The van der Waals surface area contributed by atoms with Crippen molar-refractivity contribution in [2.45, 2.75) is 25.9 Å². The zero-order chi connectivity index (χ0) is 13.0. The summed E-state index contributed by atoms with van der Waals surface area (Å²) in [5.74, 6) is 0.142. The second-order valence-electron chi connectivity index (χ2n) is 5.41. The van der Waals surface area contributed by atoms with Crippen LogP contribution in [-0.4, -0.2) is 68.1 Å². The van der Waals surface area contributed by atoms with E-state index in [0.717, 1.165) is 19.6 Å². The number of carbonyl (C=O) groups excluding carboxylic acids is 1. The molecule has 1 aliphatic rings. The molecule has 1 fully saturated rings. The summed E-state index contributed by atoms with van der Waals surface area (Å²) < 4.78 is 0. The normalized spacial score (nSPS) is 24.9. The molecule has 0 saturated carbocycles. The molecule has 2 atom stereocenters. The molecule has 100 valence electrons. The highest BCUT2D eigenvalue weighted by molar-refractivity contribution is 5.81. The third-order valence-electron chi connectivity index (χ3n) is 3.51. The number of amides is 1. The van der Waals surface area contributed by atoms with Gasteiger partial charge in [-0.05, 0) is 20.0 Å². The quantitative estimate of drug-likeness (QED) is 0.686. The van der Waals surface area contributed by atoms with Gasteiger partial charge in [0.15, 0.2) is 0 Å². The van der Waals surface area contributed by atoms with E-state index in [2.05, 4.69) is 29.2 Å². The molecule has 1 heterocycles. The summed E-state index contributed by atoms with van der Waals surface area (Å²) in [6, 6.07) is -0.0151. The Labute approximate surface area is 104 Å². The standard InChI is InChI=1S/C12H26N4O/c1-9(2)11(13)12(17)14-7-10-8-15(3)5-6-16(10)4/h9-11H,5-8,13H2,1-4H3,(H,14,17)/t10?,11-/m1/s1. The first-order valence-corrected chi connectivity index (χ1v) is 6.34. The maximum Gasteiger partial charge on any atom is 0.237 e. The molecule has 0 spiro atoms. The van der Waals surface area contributed by atoms with Gasteiger partial charge in [0.25, 0.3) is 0 Å². The summed E-state index contributed by atoms with van der Waals surface area (Å²) in [7, 11) is 4.22. The summed E-state index contributed by atoms with van der Waals surface area (Å²) in [5.41, 5.74) is 5.80. The Morgan fingerprint density at radius 1 is 1.41 bits per heavy atom. The minimum atomic E-state index is -0.401. The van der Waals surface area contributed by atoms with Crippen LogP contribution in [0, 0.1) is 5.92 Å². The number of hydrogen-bond acceptors (Lipinski definition) is 4. The fraction of sp³-hybridized carbons (Fsp3) is 0.917. The molecule has 1 rings (SSSR count). The number of nitrogens with one attached hydrogen (secondary N) is 1. The van der Waals surface area contributed by atoms with E-state index in [1.54, 1.807) is 0 Å². The first kappa shape index (κ1) is 14.4. The molecule has 0 aromatic heterocycles. The highest BCUT2D eigenvalue weighted by atomic mass is 16.2. The Bertz CT molecular complexity index is 257. The molecule has 5 nitrogen and oxygen atoms in total. The predicted octanol–water partition coefficient (Wildman–Crippen LogP) is -0.668. The molecular formula is C12H26N4O. The molecule has 0 aromatic rings. The van der Waals surface area contributed by atoms with Gasteiger partial charge >= 0.3 is 0 Å². The van der Waals surface area contributed by atoms with E-state index in [9.17, 15) is 4.79 Å². The van der Waals surface area contributed by atoms with E-state index >= 15 is 0 Å². The van der Waals surface area contributed by atoms with E-state index in [-0.39, 0.29) is 11.8 Å². The Morgan fingerprint density at radius 2 is 2.06 bits per heavy atom. The van der Waals surface area contributed by atoms with E-state index in [1.165, 1.54) is 0 Å². The molecule has 3 N–H and O–H groups in total. The Morgan fingerprint density at radius 3 is 2.65 bits per heavy atom. The van der Waals surface area contributed by atoms with Crippen molar-refractivity contribution in [1.29, 1.82) is 0 Å². The first-order valence-electron chi connectivity index (χ1n) is 6.34. The van der Waals surface area contributed by atoms with Gasteiger partial charge in [-0.3, -0.25) is 9.69 Å².